The first kappa shape index (κ1) is 21.3. The number of aryl methyl sites for hydroxylation is 1. The van der Waals surface area contributed by atoms with E-state index in [1.807, 2.05) is 24.3 Å². The van der Waals surface area contributed by atoms with Gasteiger partial charge in [-0.05, 0) is 29.9 Å². The molecule has 0 aliphatic heterocycles. The molecule has 0 saturated carbocycles. The van der Waals surface area contributed by atoms with Crippen LogP contribution in [0.1, 0.15) is 51.0 Å². The van der Waals surface area contributed by atoms with Crippen molar-refractivity contribution in [3.8, 4) is 0 Å². The van der Waals surface area contributed by atoms with E-state index < -0.39 is 10.1 Å². The molecule has 2 rings (SSSR count). The van der Waals surface area contributed by atoms with E-state index in [-0.39, 0.29) is 56.3 Å². The van der Waals surface area contributed by atoms with Crippen LogP contribution in [0.4, 0.5) is 0 Å². The third-order valence-electron chi connectivity index (χ3n) is 4.02. The van der Waals surface area contributed by atoms with Crippen molar-refractivity contribution in [3.63, 3.8) is 0 Å². The number of hydrogen-bond donors (Lipinski definition) is 0. The van der Waals surface area contributed by atoms with Crippen LogP contribution in [0, 0.1) is 0 Å². The maximum Gasteiger partial charge on any atom is 1.00 e. The van der Waals surface area contributed by atoms with Crippen molar-refractivity contribution in [3.05, 3.63) is 42.0 Å². The van der Waals surface area contributed by atoms with E-state index in [1.165, 1.54) is 31.7 Å². The molecule has 0 aliphatic rings. The summed E-state index contributed by atoms with van der Waals surface area (Å²) >= 11 is 0. The number of hydrogen-bond acceptors (Lipinski definition) is 3. The Labute approximate surface area is 182 Å². The normalized spacial score (nSPS) is 11.4. The summed E-state index contributed by atoms with van der Waals surface area (Å²) in [5.74, 6) is 0. The van der Waals surface area contributed by atoms with Gasteiger partial charge in [-0.15, -0.1) is 0 Å². The van der Waals surface area contributed by atoms with Crippen molar-refractivity contribution in [2.45, 2.75) is 56.8 Å². The minimum atomic E-state index is -4.44. The van der Waals surface area contributed by atoms with E-state index in [0.29, 0.717) is 5.39 Å². The fourth-order valence-electron chi connectivity index (χ4n) is 2.89. The van der Waals surface area contributed by atoms with Gasteiger partial charge in [0.05, 0.1) is 4.90 Å². The topological polar surface area (TPSA) is 57.2 Å². The summed E-state index contributed by atoms with van der Waals surface area (Å²) in [5, 5.41) is 1.42. The van der Waals surface area contributed by atoms with E-state index in [0.717, 1.165) is 30.2 Å². The molecule has 0 spiro atoms. The van der Waals surface area contributed by atoms with Gasteiger partial charge in [0.25, 0.3) is 0 Å². The molecule has 0 saturated heterocycles. The second kappa shape index (κ2) is 10.3. The summed E-state index contributed by atoms with van der Waals surface area (Å²) in [5.41, 5.74) is 0.961. The molecule has 3 nitrogen and oxygen atoms in total. The molecule has 0 N–H and O–H groups in total. The van der Waals surface area contributed by atoms with Crippen LogP contribution in [0.5, 0.6) is 0 Å². The zero-order chi connectivity index (χ0) is 16.0. The molecule has 0 bridgehead atoms. The molecular formula is C18H23KO3S. The van der Waals surface area contributed by atoms with E-state index in [2.05, 4.69) is 6.92 Å². The minimum Gasteiger partial charge on any atom is -0.744 e. The predicted octanol–water partition coefficient (Wildman–Crippen LogP) is 1.65. The molecule has 0 amide bonds. The van der Waals surface area contributed by atoms with Crippen molar-refractivity contribution in [2.24, 2.45) is 0 Å². The molecule has 23 heavy (non-hydrogen) atoms. The van der Waals surface area contributed by atoms with Gasteiger partial charge in [-0.3, -0.25) is 0 Å². The summed E-state index contributed by atoms with van der Waals surface area (Å²) in [7, 11) is -4.44. The summed E-state index contributed by atoms with van der Waals surface area (Å²) in [6, 6.07) is 10.6. The first-order valence-electron chi connectivity index (χ1n) is 8.00. The van der Waals surface area contributed by atoms with Gasteiger partial charge in [-0.25, -0.2) is 8.42 Å². The third kappa shape index (κ3) is 6.23. The Hall–Kier alpha value is 0.246. The number of unbranched alkanes of at least 4 members (excludes halogenated alkanes) is 5. The van der Waals surface area contributed by atoms with Gasteiger partial charge in [0.2, 0.25) is 0 Å². The molecule has 2 aromatic carbocycles. The number of fused-ring (bicyclic) bond motifs is 1. The Balaban J connectivity index is 0.00000264. The standard InChI is InChI=1S/C18H24O3S.K/c1-2-3-4-5-6-7-10-15-11-8-12-16-13-9-14-17(18(15)16)22(19,20)21;/h8-9,11-14H,2-7,10H2,1H3,(H,19,20,21);/q;+1/p-1. The van der Waals surface area contributed by atoms with Gasteiger partial charge in [-0.2, -0.15) is 0 Å². The maximum absolute atomic E-state index is 11.5. The molecule has 0 heterocycles. The molecule has 120 valence electrons. The van der Waals surface area contributed by atoms with E-state index >= 15 is 0 Å². The Kier molecular flexibility index (Phi) is 9.52. The number of rotatable bonds is 8. The minimum absolute atomic E-state index is 0. The van der Waals surface area contributed by atoms with Crippen molar-refractivity contribution in [2.75, 3.05) is 0 Å². The summed E-state index contributed by atoms with van der Waals surface area (Å²) < 4.78 is 34.5. The molecule has 0 aromatic heterocycles. The van der Waals surface area contributed by atoms with Crippen LogP contribution in [-0.2, 0) is 16.5 Å². The largest absolute Gasteiger partial charge is 1.00 e. The zero-order valence-electron chi connectivity index (χ0n) is 14.0. The van der Waals surface area contributed by atoms with Gasteiger partial charge in [0.1, 0.15) is 10.1 Å². The van der Waals surface area contributed by atoms with Crippen molar-refractivity contribution in [1.29, 1.82) is 0 Å². The van der Waals surface area contributed by atoms with Gasteiger partial charge in [0.15, 0.2) is 0 Å². The van der Waals surface area contributed by atoms with Gasteiger partial charge in [-0.1, -0.05) is 69.4 Å². The monoisotopic (exact) mass is 358 g/mol. The Bertz CT molecular complexity index is 721. The SMILES string of the molecule is CCCCCCCCc1cccc2cccc(S(=O)(=O)[O-])c12.[K+]. The summed E-state index contributed by atoms with van der Waals surface area (Å²) in [6.45, 7) is 2.20. The number of benzene rings is 2. The van der Waals surface area contributed by atoms with E-state index in [4.69, 9.17) is 0 Å². The molecule has 0 radical (unpaired) electrons. The van der Waals surface area contributed by atoms with Gasteiger partial charge in [0, 0.05) is 5.39 Å². The van der Waals surface area contributed by atoms with Gasteiger partial charge < -0.3 is 4.55 Å². The van der Waals surface area contributed by atoms with Crippen molar-refractivity contribution in [1.82, 2.24) is 0 Å². The maximum atomic E-state index is 11.5. The molecule has 5 heteroatoms. The molecule has 0 fully saturated rings. The second-order valence-electron chi connectivity index (χ2n) is 5.74. The summed E-state index contributed by atoms with van der Waals surface area (Å²) in [6.07, 6.45) is 7.95. The van der Waals surface area contributed by atoms with Crippen LogP contribution in [0.25, 0.3) is 10.8 Å². The Morgan fingerprint density at radius 2 is 1.52 bits per heavy atom. The molecular weight excluding hydrogens is 335 g/mol. The van der Waals surface area contributed by atoms with E-state index in [9.17, 15) is 13.0 Å². The zero-order valence-corrected chi connectivity index (χ0v) is 18.0. The van der Waals surface area contributed by atoms with Crippen LogP contribution in [0.15, 0.2) is 41.3 Å². The Morgan fingerprint density at radius 1 is 0.913 bits per heavy atom. The smallest absolute Gasteiger partial charge is 0.744 e. The van der Waals surface area contributed by atoms with Gasteiger partial charge >= 0.3 is 51.4 Å². The average Bonchev–Trinajstić information content (AvgIpc) is 2.49. The first-order valence-corrected chi connectivity index (χ1v) is 9.41. The second-order valence-corrected chi connectivity index (χ2v) is 7.09. The fraction of sp³-hybridized carbons (Fsp3) is 0.444. The molecule has 0 aliphatic carbocycles. The van der Waals surface area contributed by atoms with Crippen molar-refractivity contribution >= 4 is 20.9 Å². The average molecular weight is 359 g/mol. The Morgan fingerprint density at radius 3 is 2.17 bits per heavy atom. The molecule has 0 unspecified atom stereocenters. The summed E-state index contributed by atoms with van der Waals surface area (Å²) in [4.78, 5) is -0.0911. The molecule has 0 atom stereocenters. The van der Waals surface area contributed by atoms with E-state index in [1.54, 1.807) is 6.07 Å². The van der Waals surface area contributed by atoms with Crippen molar-refractivity contribution < 1.29 is 64.4 Å². The predicted molar refractivity (Wildman–Crippen MR) is 89.0 cm³/mol. The van der Waals surface area contributed by atoms with Crippen LogP contribution in [0.2, 0.25) is 0 Å². The fourth-order valence-corrected chi connectivity index (χ4v) is 3.64. The molecule has 2 aromatic rings. The third-order valence-corrected chi connectivity index (χ3v) is 4.90. The van der Waals surface area contributed by atoms with Crippen LogP contribution < -0.4 is 51.4 Å². The van der Waals surface area contributed by atoms with Crippen LogP contribution >= 0.6 is 0 Å². The quantitative estimate of drug-likeness (QED) is 0.410. The first-order chi connectivity index (χ1) is 10.5. The van der Waals surface area contributed by atoms with Crippen LogP contribution in [-0.4, -0.2) is 13.0 Å². The van der Waals surface area contributed by atoms with Crippen LogP contribution in [0.3, 0.4) is 0 Å².